The second kappa shape index (κ2) is 7.83. The minimum atomic E-state index is -0.0915. The molecular weight excluding hydrogens is 399 g/mol. The standard InChI is InChI=1S/C18H13Cl3N2OS/c1-2-23-17(24)16(9-11-3-4-13(20)10-15(11)21)25-18(23)22-14-7-5-12(19)6-8-14/h3-10H,2H2,1H3/b16-9+,22-18?. The predicted molar refractivity (Wildman–Crippen MR) is 108 cm³/mol. The zero-order valence-electron chi connectivity index (χ0n) is 13.2. The van der Waals surface area contributed by atoms with Crippen LogP contribution in [0, 0.1) is 0 Å². The molecule has 1 heterocycles. The lowest BCUT2D eigenvalue weighted by molar-refractivity contribution is -0.122. The molecule has 0 unspecified atom stereocenters. The van der Waals surface area contributed by atoms with Gasteiger partial charge in [-0.05, 0) is 66.7 Å². The molecule has 7 heteroatoms. The van der Waals surface area contributed by atoms with Crippen molar-refractivity contribution in [2.24, 2.45) is 4.99 Å². The second-order valence-corrected chi connectivity index (χ2v) is 7.49. The summed E-state index contributed by atoms with van der Waals surface area (Å²) in [7, 11) is 0. The molecule has 0 bridgehead atoms. The van der Waals surface area contributed by atoms with Crippen LogP contribution >= 0.6 is 46.6 Å². The maximum absolute atomic E-state index is 12.6. The van der Waals surface area contributed by atoms with Crippen molar-refractivity contribution in [1.29, 1.82) is 0 Å². The van der Waals surface area contributed by atoms with E-state index in [-0.39, 0.29) is 5.91 Å². The minimum Gasteiger partial charge on any atom is -0.287 e. The van der Waals surface area contributed by atoms with E-state index < -0.39 is 0 Å². The van der Waals surface area contributed by atoms with Gasteiger partial charge in [0.05, 0.1) is 10.6 Å². The van der Waals surface area contributed by atoms with Gasteiger partial charge < -0.3 is 0 Å². The largest absolute Gasteiger partial charge is 0.287 e. The van der Waals surface area contributed by atoms with Gasteiger partial charge in [0.2, 0.25) is 0 Å². The van der Waals surface area contributed by atoms with Gasteiger partial charge in [-0.2, -0.15) is 0 Å². The van der Waals surface area contributed by atoms with Crippen LogP contribution in [-0.2, 0) is 4.79 Å². The number of hydrogen-bond donors (Lipinski definition) is 0. The number of thioether (sulfide) groups is 1. The summed E-state index contributed by atoms with van der Waals surface area (Å²) >= 11 is 19.3. The third kappa shape index (κ3) is 4.21. The first-order valence-corrected chi connectivity index (χ1v) is 9.43. The summed E-state index contributed by atoms with van der Waals surface area (Å²) in [5.41, 5.74) is 1.48. The van der Waals surface area contributed by atoms with Crippen molar-refractivity contribution in [2.45, 2.75) is 6.92 Å². The lowest BCUT2D eigenvalue weighted by Gasteiger charge is -2.11. The summed E-state index contributed by atoms with van der Waals surface area (Å²) in [6.45, 7) is 2.44. The smallest absolute Gasteiger partial charge is 0.266 e. The van der Waals surface area contributed by atoms with Crippen molar-refractivity contribution in [3.63, 3.8) is 0 Å². The molecule has 0 N–H and O–H groups in total. The molecule has 1 fully saturated rings. The van der Waals surface area contributed by atoms with Crippen molar-refractivity contribution in [3.8, 4) is 0 Å². The summed E-state index contributed by atoms with van der Waals surface area (Å²) < 4.78 is 0. The van der Waals surface area contributed by atoms with E-state index in [1.165, 1.54) is 11.8 Å². The maximum Gasteiger partial charge on any atom is 0.266 e. The molecule has 1 amide bonds. The first kappa shape index (κ1) is 18.3. The van der Waals surface area contributed by atoms with Crippen LogP contribution in [-0.4, -0.2) is 22.5 Å². The Kier molecular flexibility index (Phi) is 5.74. The molecule has 128 valence electrons. The molecular formula is C18H13Cl3N2OS. The van der Waals surface area contributed by atoms with Gasteiger partial charge in [0, 0.05) is 21.6 Å². The lowest BCUT2D eigenvalue weighted by atomic mass is 10.2. The van der Waals surface area contributed by atoms with Gasteiger partial charge in [-0.1, -0.05) is 40.9 Å². The SMILES string of the molecule is CCN1C(=O)/C(=C\c2ccc(Cl)cc2Cl)SC1=Nc1ccc(Cl)cc1. The summed E-state index contributed by atoms with van der Waals surface area (Å²) in [5, 5.41) is 2.33. The zero-order valence-corrected chi connectivity index (χ0v) is 16.3. The molecule has 0 saturated carbocycles. The van der Waals surface area contributed by atoms with Gasteiger partial charge in [-0.25, -0.2) is 4.99 Å². The van der Waals surface area contributed by atoms with Crippen LogP contribution < -0.4 is 0 Å². The Balaban J connectivity index is 1.94. The van der Waals surface area contributed by atoms with Crippen molar-refractivity contribution in [2.75, 3.05) is 6.54 Å². The average Bonchev–Trinajstić information content (AvgIpc) is 2.87. The van der Waals surface area contributed by atoms with Gasteiger partial charge in [0.15, 0.2) is 5.17 Å². The number of rotatable bonds is 3. The molecule has 25 heavy (non-hydrogen) atoms. The van der Waals surface area contributed by atoms with Gasteiger partial charge in [-0.15, -0.1) is 0 Å². The van der Waals surface area contributed by atoms with E-state index in [9.17, 15) is 4.79 Å². The molecule has 0 atom stereocenters. The number of carbonyl (C=O) groups excluding carboxylic acids is 1. The van der Waals surface area contributed by atoms with Gasteiger partial charge in [0.25, 0.3) is 5.91 Å². The van der Waals surface area contributed by atoms with Crippen molar-refractivity contribution < 1.29 is 4.79 Å². The third-order valence-electron chi connectivity index (χ3n) is 3.50. The highest BCUT2D eigenvalue weighted by molar-refractivity contribution is 8.18. The van der Waals surface area contributed by atoms with Crippen molar-refractivity contribution in [3.05, 3.63) is 68.0 Å². The molecule has 1 saturated heterocycles. The fourth-order valence-corrected chi connectivity index (χ4v) is 3.90. The van der Waals surface area contributed by atoms with Crippen molar-refractivity contribution >= 4 is 69.4 Å². The van der Waals surface area contributed by atoms with Gasteiger partial charge >= 0.3 is 0 Å². The first-order chi connectivity index (χ1) is 12.0. The predicted octanol–water partition coefficient (Wildman–Crippen LogP) is 6.27. The number of nitrogens with zero attached hydrogens (tertiary/aromatic N) is 2. The minimum absolute atomic E-state index is 0.0915. The van der Waals surface area contributed by atoms with E-state index in [1.54, 1.807) is 41.3 Å². The van der Waals surface area contributed by atoms with Gasteiger partial charge in [0.1, 0.15) is 0 Å². The third-order valence-corrected chi connectivity index (χ3v) is 5.33. The van der Waals surface area contributed by atoms with E-state index in [0.717, 1.165) is 11.3 Å². The molecule has 1 aliphatic rings. The highest BCUT2D eigenvalue weighted by atomic mass is 35.5. The molecule has 1 aliphatic heterocycles. The Bertz CT molecular complexity index is 878. The van der Waals surface area contributed by atoms with Crippen LogP contribution in [0.1, 0.15) is 12.5 Å². The van der Waals surface area contributed by atoms with E-state index in [4.69, 9.17) is 34.8 Å². The molecule has 0 spiro atoms. The number of aliphatic imine (C=N–C) groups is 1. The normalized spacial score (nSPS) is 17.8. The average molecular weight is 412 g/mol. The van der Waals surface area contributed by atoms with Crippen LogP contribution in [0.5, 0.6) is 0 Å². The number of benzene rings is 2. The summed E-state index contributed by atoms with van der Waals surface area (Å²) in [6, 6.07) is 12.3. The highest BCUT2D eigenvalue weighted by Gasteiger charge is 2.32. The molecule has 2 aromatic carbocycles. The number of hydrogen-bond acceptors (Lipinski definition) is 3. The van der Waals surface area contributed by atoms with Crippen molar-refractivity contribution in [1.82, 2.24) is 4.90 Å². The maximum atomic E-state index is 12.6. The Hall–Kier alpha value is -1.46. The molecule has 3 rings (SSSR count). The summed E-state index contributed by atoms with van der Waals surface area (Å²) in [6.07, 6.45) is 1.76. The van der Waals surface area contributed by atoms with Crippen LogP contribution in [0.4, 0.5) is 5.69 Å². The number of halogens is 3. The topological polar surface area (TPSA) is 32.7 Å². The molecule has 3 nitrogen and oxygen atoms in total. The number of amidine groups is 1. The Morgan fingerprint density at radius 2 is 1.76 bits per heavy atom. The zero-order chi connectivity index (χ0) is 18.0. The fraction of sp³-hybridized carbons (Fsp3) is 0.111. The monoisotopic (exact) mass is 410 g/mol. The quantitative estimate of drug-likeness (QED) is 0.557. The Morgan fingerprint density at radius 3 is 2.40 bits per heavy atom. The number of likely N-dealkylation sites (N-methyl/N-ethyl adjacent to an activating group) is 1. The summed E-state index contributed by atoms with van der Waals surface area (Å²) in [4.78, 5) is 19.4. The molecule has 2 aromatic rings. The molecule has 0 aromatic heterocycles. The number of carbonyl (C=O) groups is 1. The van der Waals surface area contributed by atoms with Crippen LogP contribution in [0.25, 0.3) is 6.08 Å². The Labute approximate surface area is 165 Å². The van der Waals surface area contributed by atoms with E-state index in [2.05, 4.69) is 4.99 Å². The van der Waals surface area contributed by atoms with E-state index in [0.29, 0.717) is 31.7 Å². The summed E-state index contributed by atoms with van der Waals surface area (Å²) in [5.74, 6) is -0.0915. The molecule has 0 radical (unpaired) electrons. The van der Waals surface area contributed by atoms with Crippen LogP contribution in [0.3, 0.4) is 0 Å². The Morgan fingerprint density at radius 1 is 1.08 bits per heavy atom. The first-order valence-electron chi connectivity index (χ1n) is 7.48. The van der Waals surface area contributed by atoms with Crippen LogP contribution in [0.15, 0.2) is 52.4 Å². The lowest BCUT2D eigenvalue weighted by Crippen LogP contribution is -2.28. The highest BCUT2D eigenvalue weighted by Crippen LogP contribution is 2.35. The van der Waals surface area contributed by atoms with Crippen LogP contribution in [0.2, 0.25) is 15.1 Å². The van der Waals surface area contributed by atoms with Gasteiger partial charge in [-0.3, -0.25) is 9.69 Å². The van der Waals surface area contributed by atoms with E-state index in [1.807, 2.05) is 19.1 Å². The second-order valence-electron chi connectivity index (χ2n) is 5.20. The van der Waals surface area contributed by atoms with E-state index >= 15 is 0 Å². The fourth-order valence-electron chi connectivity index (χ4n) is 2.26. The molecule has 0 aliphatic carbocycles. The number of amides is 1.